The second kappa shape index (κ2) is 12.4. The largest absolute Gasteiger partial charge is 0.481 e. The summed E-state index contributed by atoms with van der Waals surface area (Å²) in [6, 6.07) is 11.8. The fourth-order valence-corrected chi connectivity index (χ4v) is 7.56. The van der Waals surface area contributed by atoms with E-state index in [1.54, 1.807) is 6.07 Å². The van der Waals surface area contributed by atoms with Crippen molar-refractivity contribution in [1.82, 2.24) is 0 Å². The summed E-state index contributed by atoms with van der Waals surface area (Å²) in [7, 11) is -2.33. The molecule has 3 rings (SSSR count). The lowest BCUT2D eigenvalue weighted by molar-refractivity contribution is -0.142. The minimum atomic E-state index is -3.63. The lowest BCUT2D eigenvalue weighted by Crippen LogP contribution is -2.38. The van der Waals surface area contributed by atoms with Gasteiger partial charge in [0.2, 0.25) is 0 Å². The highest BCUT2D eigenvalue weighted by Crippen LogP contribution is 2.47. The van der Waals surface area contributed by atoms with Crippen LogP contribution >= 0.6 is 11.8 Å². The van der Waals surface area contributed by atoms with Crippen LogP contribution in [0.25, 0.3) is 0 Å². The molecule has 1 heterocycles. The van der Waals surface area contributed by atoms with Gasteiger partial charge in [-0.25, -0.2) is 13.2 Å². The number of hydrogen-bond acceptors (Lipinski definition) is 7. The summed E-state index contributed by atoms with van der Waals surface area (Å²) in [4.78, 5) is 15.0. The number of methoxy groups -OCH3 is 1. The molecule has 2 aromatic rings. The van der Waals surface area contributed by atoms with Crippen LogP contribution in [0.15, 0.2) is 46.2 Å². The molecular formula is C28H39NO5S2. The molecule has 0 saturated heterocycles. The van der Waals surface area contributed by atoms with Gasteiger partial charge in [0.1, 0.15) is 5.75 Å². The molecule has 198 valence electrons. The Bertz CT molecular complexity index is 1140. The third kappa shape index (κ3) is 6.57. The minimum Gasteiger partial charge on any atom is -0.481 e. The van der Waals surface area contributed by atoms with Gasteiger partial charge in [0, 0.05) is 23.7 Å². The van der Waals surface area contributed by atoms with Crippen molar-refractivity contribution in [1.29, 1.82) is 0 Å². The van der Waals surface area contributed by atoms with Crippen molar-refractivity contribution in [3.05, 3.63) is 42.0 Å². The number of sulfone groups is 1. The third-order valence-electron chi connectivity index (χ3n) is 6.90. The number of benzene rings is 2. The van der Waals surface area contributed by atoms with Crippen molar-refractivity contribution in [3.8, 4) is 5.75 Å². The van der Waals surface area contributed by atoms with E-state index < -0.39 is 15.8 Å². The van der Waals surface area contributed by atoms with Crippen molar-refractivity contribution in [2.75, 3.05) is 37.2 Å². The fraction of sp³-hybridized carbons (Fsp3) is 0.536. The number of hydrogen-bond donors (Lipinski definition) is 0. The topological polar surface area (TPSA) is 72.9 Å². The summed E-state index contributed by atoms with van der Waals surface area (Å²) in [6.07, 6.45) is 7.66. The predicted molar refractivity (Wildman–Crippen MR) is 147 cm³/mol. The molecule has 0 spiro atoms. The SMILES string of the molecule is CCCCC1(CCCC)CN(c2ccc(C)cc2)c2cc(SC)c(OCC(=O)OC)cc2S(=O)(=O)C1. The van der Waals surface area contributed by atoms with E-state index in [1.165, 1.54) is 18.9 Å². The first-order chi connectivity index (χ1) is 17.2. The maximum atomic E-state index is 14.0. The Hall–Kier alpha value is -2.19. The van der Waals surface area contributed by atoms with E-state index in [9.17, 15) is 13.2 Å². The van der Waals surface area contributed by atoms with Gasteiger partial charge in [-0.15, -0.1) is 11.8 Å². The molecule has 1 aliphatic rings. The number of aryl methyl sites for hydroxylation is 1. The second-order valence-electron chi connectivity index (χ2n) is 9.72. The van der Waals surface area contributed by atoms with E-state index in [2.05, 4.69) is 43.0 Å². The van der Waals surface area contributed by atoms with Gasteiger partial charge in [-0.05, 0) is 44.2 Å². The van der Waals surface area contributed by atoms with E-state index in [1.807, 2.05) is 19.2 Å². The number of unbranched alkanes of at least 4 members (excludes halogenated alkanes) is 2. The molecule has 0 radical (unpaired) electrons. The number of thioether (sulfide) groups is 1. The molecule has 8 heteroatoms. The Morgan fingerprint density at radius 2 is 1.72 bits per heavy atom. The molecule has 2 aromatic carbocycles. The molecule has 0 fully saturated rings. The Labute approximate surface area is 220 Å². The highest BCUT2D eigenvalue weighted by Gasteiger charge is 2.42. The quantitative estimate of drug-likeness (QED) is 0.239. The Balaban J connectivity index is 2.22. The molecule has 1 aliphatic heterocycles. The molecule has 0 unspecified atom stereocenters. The zero-order valence-corrected chi connectivity index (χ0v) is 23.8. The number of rotatable bonds is 11. The summed E-state index contributed by atoms with van der Waals surface area (Å²) < 4.78 is 38.5. The number of fused-ring (bicyclic) bond motifs is 1. The third-order valence-corrected chi connectivity index (χ3v) is 9.65. The zero-order valence-electron chi connectivity index (χ0n) is 22.1. The molecule has 0 N–H and O–H groups in total. The van der Waals surface area contributed by atoms with Crippen molar-refractivity contribution >= 4 is 38.9 Å². The van der Waals surface area contributed by atoms with Gasteiger partial charge in [0.25, 0.3) is 0 Å². The average molecular weight is 534 g/mol. The normalized spacial score (nSPS) is 16.2. The van der Waals surface area contributed by atoms with Crippen LogP contribution in [0.4, 0.5) is 11.4 Å². The molecule has 0 bridgehead atoms. The van der Waals surface area contributed by atoms with Gasteiger partial charge in [-0.1, -0.05) is 57.2 Å². The number of carbonyl (C=O) groups excluding carboxylic acids is 1. The molecular weight excluding hydrogens is 494 g/mol. The summed E-state index contributed by atoms with van der Waals surface area (Å²) in [5.41, 5.74) is 2.44. The van der Waals surface area contributed by atoms with Crippen molar-refractivity contribution < 1.29 is 22.7 Å². The Morgan fingerprint density at radius 3 is 2.28 bits per heavy atom. The number of anilines is 2. The van der Waals surface area contributed by atoms with Crippen LogP contribution in [0, 0.1) is 12.3 Å². The first-order valence-electron chi connectivity index (χ1n) is 12.7. The fourth-order valence-electron chi connectivity index (χ4n) is 4.89. The van der Waals surface area contributed by atoms with Crippen LogP contribution in [0.3, 0.4) is 0 Å². The summed E-state index contributed by atoms with van der Waals surface area (Å²) in [5.74, 6) is -0.0299. The zero-order chi connectivity index (χ0) is 26.3. The highest BCUT2D eigenvalue weighted by atomic mass is 32.2. The molecule has 0 saturated carbocycles. The lowest BCUT2D eigenvalue weighted by Gasteiger charge is -2.37. The van der Waals surface area contributed by atoms with Crippen molar-refractivity contribution in [3.63, 3.8) is 0 Å². The Morgan fingerprint density at radius 1 is 1.08 bits per heavy atom. The van der Waals surface area contributed by atoms with E-state index >= 15 is 0 Å². The van der Waals surface area contributed by atoms with Gasteiger partial charge in [-0.2, -0.15) is 0 Å². The number of nitrogens with zero attached hydrogens (tertiary/aromatic N) is 1. The van der Waals surface area contributed by atoms with Crippen LogP contribution in [0.5, 0.6) is 5.75 Å². The first-order valence-corrected chi connectivity index (χ1v) is 15.5. The van der Waals surface area contributed by atoms with Crippen molar-refractivity contribution in [2.45, 2.75) is 69.1 Å². The van der Waals surface area contributed by atoms with E-state index in [4.69, 9.17) is 9.47 Å². The number of carbonyl (C=O) groups is 1. The summed E-state index contributed by atoms with van der Waals surface area (Å²) >= 11 is 1.46. The standard InChI is InChI=1S/C28H39NO5S2/c1-6-8-14-28(15-9-7-2)19-29(22-12-10-21(3)11-13-22)23-16-25(35-5)24(34-18-27(30)33-4)17-26(23)36(31,32)20-28/h10-13,16-17H,6-9,14-15,18-20H2,1-5H3. The average Bonchev–Trinajstić information content (AvgIpc) is 2.96. The molecule has 36 heavy (non-hydrogen) atoms. The maximum Gasteiger partial charge on any atom is 0.343 e. The lowest BCUT2D eigenvalue weighted by atomic mass is 9.79. The molecule has 0 aliphatic carbocycles. The van der Waals surface area contributed by atoms with Gasteiger partial charge in [0.15, 0.2) is 16.4 Å². The second-order valence-corrected chi connectivity index (χ2v) is 12.5. The summed E-state index contributed by atoms with van der Waals surface area (Å²) in [6.45, 7) is 6.72. The number of esters is 1. The van der Waals surface area contributed by atoms with Crippen LogP contribution in [0.1, 0.15) is 57.9 Å². The Kier molecular flexibility index (Phi) is 9.75. The predicted octanol–water partition coefficient (Wildman–Crippen LogP) is 6.56. The molecule has 0 atom stereocenters. The highest BCUT2D eigenvalue weighted by molar-refractivity contribution is 7.98. The smallest absolute Gasteiger partial charge is 0.343 e. The molecule has 0 amide bonds. The van der Waals surface area contributed by atoms with Gasteiger partial charge >= 0.3 is 5.97 Å². The molecule has 6 nitrogen and oxygen atoms in total. The van der Waals surface area contributed by atoms with Crippen LogP contribution in [-0.2, 0) is 19.4 Å². The van der Waals surface area contributed by atoms with Crippen LogP contribution in [0.2, 0.25) is 0 Å². The van der Waals surface area contributed by atoms with Gasteiger partial charge in [-0.3, -0.25) is 0 Å². The number of ether oxygens (including phenoxy) is 2. The van der Waals surface area contributed by atoms with Gasteiger partial charge in [0.05, 0.1) is 28.3 Å². The van der Waals surface area contributed by atoms with Crippen LogP contribution < -0.4 is 9.64 Å². The monoisotopic (exact) mass is 533 g/mol. The minimum absolute atomic E-state index is 0.102. The van der Waals surface area contributed by atoms with Crippen molar-refractivity contribution in [2.24, 2.45) is 5.41 Å². The summed E-state index contributed by atoms with van der Waals surface area (Å²) in [5, 5.41) is 0. The van der Waals surface area contributed by atoms with Gasteiger partial charge < -0.3 is 14.4 Å². The van der Waals surface area contributed by atoms with Crippen LogP contribution in [-0.4, -0.2) is 46.7 Å². The first kappa shape index (κ1) is 28.4. The van der Waals surface area contributed by atoms with E-state index in [-0.39, 0.29) is 22.7 Å². The maximum absolute atomic E-state index is 14.0. The molecule has 0 aromatic heterocycles. The van der Waals surface area contributed by atoms with E-state index in [0.717, 1.165) is 54.7 Å². The van der Waals surface area contributed by atoms with E-state index in [0.29, 0.717) is 18.0 Å².